The molecule has 1 rings (SSSR count). The summed E-state index contributed by atoms with van der Waals surface area (Å²) in [5.41, 5.74) is 0. The molecule has 78 valence electrons. The Kier molecular flexibility index (Phi) is 5.83. The molecular formula is C10H21NOS. The molecule has 0 radical (unpaired) electrons. The van der Waals surface area contributed by atoms with Crippen LogP contribution in [0.2, 0.25) is 0 Å². The van der Waals surface area contributed by atoms with Gasteiger partial charge in [-0.25, -0.2) is 0 Å². The van der Waals surface area contributed by atoms with Crippen molar-refractivity contribution in [2.45, 2.75) is 13.3 Å². The molecule has 13 heavy (non-hydrogen) atoms. The van der Waals surface area contributed by atoms with Crippen molar-refractivity contribution in [1.82, 2.24) is 5.32 Å². The van der Waals surface area contributed by atoms with E-state index >= 15 is 0 Å². The van der Waals surface area contributed by atoms with Gasteiger partial charge in [-0.2, -0.15) is 11.8 Å². The van der Waals surface area contributed by atoms with Crippen molar-refractivity contribution in [3.05, 3.63) is 0 Å². The Morgan fingerprint density at radius 1 is 1.62 bits per heavy atom. The summed E-state index contributed by atoms with van der Waals surface area (Å²) in [7, 11) is 0. The minimum Gasteiger partial charge on any atom is -0.381 e. The maximum atomic E-state index is 5.32. The summed E-state index contributed by atoms with van der Waals surface area (Å²) in [6.07, 6.45) is 3.41. The first-order chi connectivity index (χ1) is 6.33. The van der Waals surface area contributed by atoms with Crippen molar-refractivity contribution in [1.29, 1.82) is 0 Å². The van der Waals surface area contributed by atoms with Crippen LogP contribution in [0.25, 0.3) is 0 Å². The fourth-order valence-corrected chi connectivity index (χ4v) is 2.31. The molecule has 1 heterocycles. The van der Waals surface area contributed by atoms with Crippen molar-refractivity contribution >= 4 is 11.8 Å². The van der Waals surface area contributed by atoms with E-state index in [-0.39, 0.29) is 0 Å². The van der Waals surface area contributed by atoms with Crippen LogP contribution in [-0.2, 0) is 4.74 Å². The highest BCUT2D eigenvalue weighted by atomic mass is 32.2. The molecule has 0 aliphatic carbocycles. The number of ether oxygens (including phenoxy) is 1. The van der Waals surface area contributed by atoms with Crippen molar-refractivity contribution in [2.24, 2.45) is 11.8 Å². The first-order valence-electron chi connectivity index (χ1n) is 5.10. The van der Waals surface area contributed by atoms with Gasteiger partial charge in [0.05, 0.1) is 6.61 Å². The predicted octanol–water partition coefficient (Wildman–Crippen LogP) is 1.61. The first kappa shape index (κ1) is 11.3. The highest BCUT2D eigenvalue weighted by Crippen LogP contribution is 2.11. The normalized spacial score (nSPS) is 24.9. The molecule has 0 aromatic heterocycles. The van der Waals surface area contributed by atoms with E-state index in [4.69, 9.17) is 4.74 Å². The topological polar surface area (TPSA) is 21.3 Å². The molecule has 1 fully saturated rings. The Balaban J connectivity index is 1.93. The smallest absolute Gasteiger partial charge is 0.0507 e. The number of nitrogens with one attached hydrogen (secondary N) is 1. The van der Waals surface area contributed by atoms with E-state index in [9.17, 15) is 0 Å². The molecule has 1 N–H and O–H groups in total. The first-order valence-corrected chi connectivity index (χ1v) is 6.49. The molecule has 0 spiro atoms. The molecule has 2 unspecified atom stereocenters. The maximum absolute atomic E-state index is 5.32. The number of rotatable bonds is 6. The quantitative estimate of drug-likeness (QED) is 0.709. The second-order valence-electron chi connectivity index (χ2n) is 3.95. The number of hydrogen-bond donors (Lipinski definition) is 1. The molecule has 2 atom stereocenters. The summed E-state index contributed by atoms with van der Waals surface area (Å²) in [6.45, 7) is 6.52. The lowest BCUT2D eigenvalue weighted by molar-refractivity contribution is 0.185. The third-order valence-corrected chi connectivity index (χ3v) is 3.30. The highest BCUT2D eigenvalue weighted by Gasteiger charge is 2.14. The molecule has 1 aliphatic rings. The van der Waals surface area contributed by atoms with E-state index < -0.39 is 0 Å². The van der Waals surface area contributed by atoms with Crippen LogP contribution in [0.1, 0.15) is 13.3 Å². The second-order valence-corrected chi connectivity index (χ2v) is 4.86. The number of thioether (sulfide) groups is 1. The molecule has 3 heteroatoms. The SMILES string of the molecule is CSCC(C)CNCC1CCOC1. The van der Waals surface area contributed by atoms with Crippen molar-refractivity contribution in [2.75, 3.05) is 38.3 Å². The molecule has 2 nitrogen and oxygen atoms in total. The fraction of sp³-hybridized carbons (Fsp3) is 1.00. The summed E-state index contributed by atoms with van der Waals surface area (Å²) in [5, 5.41) is 3.52. The van der Waals surface area contributed by atoms with Gasteiger partial charge < -0.3 is 10.1 Å². The van der Waals surface area contributed by atoms with Crippen LogP contribution in [0.5, 0.6) is 0 Å². The molecular weight excluding hydrogens is 182 g/mol. The van der Waals surface area contributed by atoms with Gasteiger partial charge in [0, 0.05) is 13.2 Å². The minimum absolute atomic E-state index is 0.765. The van der Waals surface area contributed by atoms with E-state index in [1.807, 2.05) is 11.8 Å². The van der Waals surface area contributed by atoms with Crippen LogP contribution in [0, 0.1) is 11.8 Å². The van der Waals surface area contributed by atoms with Crippen molar-refractivity contribution in [3.63, 3.8) is 0 Å². The average Bonchev–Trinajstić information content (AvgIpc) is 2.57. The minimum atomic E-state index is 0.765. The summed E-state index contributed by atoms with van der Waals surface area (Å²) in [5.74, 6) is 2.81. The molecule has 0 saturated carbocycles. The third kappa shape index (κ3) is 4.89. The zero-order chi connectivity index (χ0) is 9.52. The Morgan fingerprint density at radius 3 is 3.08 bits per heavy atom. The lowest BCUT2D eigenvalue weighted by Crippen LogP contribution is -2.28. The molecule has 1 saturated heterocycles. The van der Waals surface area contributed by atoms with Crippen LogP contribution in [0.4, 0.5) is 0 Å². The van der Waals surface area contributed by atoms with E-state index in [1.165, 1.54) is 12.2 Å². The van der Waals surface area contributed by atoms with Crippen LogP contribution >= 0.6 is 11.8 Å². The molecule has 0 aromatic carbocycles. The second kappa shape index (κ2) is 6.68. The zero-order valence-electron chi connectivity index (χ0n) is 8.71. The predicted molar refractivity (Wildman–Crippen MR) is 59.3 cm³/mol. The standard InChI is InChI=1S/C10H21NOS/c1-9(8-13-2)5-11-6-10-3-4-12-7-10/h9-11H,3-8H2,1-2H3. The molecule has 0 aromatic rings. The number of hydrogen-bond acceptors (Lipinski definition) is 3. The Morgan fingerprint density at radius 2 is 2.46 bits per heavy atom. The Bertz CT molecular complexity index is 126. The van der Waals surface area contributed by atoms with E-state index in [0.717, 1.165) is 38.1 Å². The van der Waals surface area contributed by atoms with Crippen LogP contribution in [0.3, 0.4) is 0 Å². The molecule has 0 amide bonds. The Hall–Kier alpha value is 0.270. The van der Waals surface area contributed by atoms with Gasteiger partial charge in [0.15, 0.2) is 0 Å². The fourth-order valence-electron chi connectivity index (χ4n) is 1.62. The maximum Gasteiger partial charge on any atom is 0.0507 e. The van der Waals surface area contributed by atoms with Gasteiger partial charge in [-0.1, -0.05) is 6.92 Å². The summed E-state index contributed by atoms with van der Waals surface area (Å²) in [4.78, 5) is 0. The summed E-state index contributed by atoms with van der Waals surface area (Å²) < 4.78 is 5.32. The zero-order valence-corrected chi connectivity index (χ0v) is 9.53. The van der Waals surface area contributed by atoms with Crippen LogP contribution in [-0.4, -0.2) is 38.3 Å². The Labute approximate surface area is 85.8 Å². The van der Waals surface area contributed by atoms with Crippen molar-refractivity contribution < 1.29 is 4.74 Å². The van der Waals surface area contributed by atoms with Crippen LogP contribution in [0.15, 0.2) is 0 Å². The van der Waals surface area contributed by atoms with E-state index in [0.29, 0.717) is 0 Å². The van der Waals surface area contributed by atoms with Crippen LogP contribution < -0.4 is 5.32 Å². The van der Waals surface area contributed by atoms with Crippen molar-refractivity contribution in [3.8, 4) is 0 Å². The van der Waals surface area contributed by atoms with E-state index in [2.05, 4.69) is 18.5 Å². The average molecular weight is 203 g/mol. The summed E-state index contributed by atoms with van der Waals surface area (Å²) in [6, 6.07) is 0. The highest BCUT2D eigenvalue weighted by molar-refractivity contribution is 7.98. The third-order valence-electron chi connectivity index (χ3n) is 2.40. The molecule has 1 aliphatic heterocycles. The lowest BCUT2D eigenvalue weighted by atomic mass is 10.1. The monoisotopic (exact) mass is 203 g/mol. The van der Waals surface area contributed by atoms with Gasteiger partial charge in [-0.05, 0) is 36.8 Å². The van der Waals surface area contributed by atoms with Gasteiger partial charge in [0.1, 0.15) is 0 Å². The van der Waals surface area contributed by atoms with Gasteiger partial charge in [-0.3, -0.25) is 0 Å². The van der Waals surface area contributed by atoms with Gasteiger partial charge in [0.25, 0.3) is 0 Å². The van der Waals surface area contributed by atoms with E-state index in [1.54, 1.807) is 0 Å². The van der Waals surface area contributed by atoms with Gasteiger partial charge in [-0.15, -0.1) is 0 Å². The van der Waals surface area contributed by atoms with Gasteiger partial charge in [0.2, 0.25) is 0 Å². The largest absolute Gasteiger partial charge is 0.381 e. The van der Waals surface area contributed by atoms with Gasteiger partial charge >= 0.3 is 0 Å². The summed E-state index contributed by atoms with van der Waals surface area (Å²) >= 11 is 1.93. The molecule has 0 bridgehead atoms. The lowest BCUT2D eigenvalue weighted by Gasteiger charge is -2.13.